The first kappa shape index (κ1) is 18.4. The molecule has 1 heterocycles. The average molecular weight is 350 g/mol. The lowest BCUT2D eigenvalue weighted by molar-refractivity contribution is 0.139. The van der Waals surface area contributed by atoms with E-state index in [1.807, 2.05) is 25.1 Å². The van der Waals surface area contributed by atoms with E-state index in [9.17, 15) is 4.79 Å². The number of pyridine rings is 1. The van der Waals surface area contributed by atoms with Gasteiger partial charge < -0.3 is 9.72 Å². The van der Waals surface area contributed by atoms with Crippen LogP contribution < -0.4 is 5.43 Å². The Labute approximate surface area is 154 Å². The summed E-state index contributed by atoms with van der Waals surface area (Å²) in [6.45, 7) is 7.05. The molecule has 136 valence electrons. The van der Waals surface area contributed by atoms with Crippen LogP contribution in [0, 0.1) is 13.8 Å². The van der Waals surface area contributed by atoms with Crippen molar-refractivity contribution < 1.29 is 4.74 Å². The summed E-state index contributed by atoms with van der Waals surface area (Å²) in [5.41, 5.74) is 5.49. The Morgan fingerprint density at radius 2 is 1.69 bits per heavy atom. The van der Waals surface area contributed by atoms with Crippen molar-refractivity contribution in [3.05, 3.63) is 81.1 Å². The van der Waals surface area contributed by atoms with Gasteiger partial charge in [-0.15, -0.1) is 0 Å². The van der Waals surface area contributed by atoms with Gasteiger partial charge in [-0.3, -0.25) is 9.69 Å². The summed E-state index contributed by atoms with van der Waals surface area (Å²) >= 11 is 0. The summed E-state index contributed by atoms with van der Waals surface area (Å²) in [7, 11) is 1.71. The Hall–Kier alpha value is -2.43. The standard InChI is InChI=1S/C22H26N2O2/c1-16-4-7-18(8-5-16)14-24(10-11-26-3)15-19-13-22(25)20-12-17(2)6-9-21(20)23-19/h4-9,12-13H,10-11,14-15H2,1-3H3,(H,23,25). The molecule has 0 spiro atoms. The molecule has 0 unspecified atom stereocenters. The molecule has 0 atom stereocenters. The molecule has 0 radical (unpaired) electrons. The third-order valence-electron chi connectivity index (χ3n) is 4.57. The molecule has 3 rings (SSSR count). The van der Waals surface area contributed by atoms with E-state index in [0.717, 1.165) is 35.2 Å². The van der Waals surface area contributed by atoms with Crippen LogP contribution in [0.25, 0.3) is 10.9 Å². The predicted octanol–water partition coefficient (Wildman–Crippen LogP) is 3.79. The highest BCUT2D eigenvalue weighted by Crippen LogP contribution is 2.13. The summed E-state index contributed by atoms with van der Waals surface area (Å²) in [5, 5.41) is 0.746. The van der Waals surface area contributed by atoms with Gasteiger partial charge in [0.25, 0.3) is 0 Å². The first-order chi connectivity index (χ1) is 12.5. The number of H-pyrrole nitrogens is 1. The molecule has 1 aromatic heterocycles. The molecular formula is C22H26N2O2. The second-order valence-corrected chi connectivity index (χ2v) is 6.90. The van der Waals surface area contributed by atoms with Gasteiger partial charge in [-0.1, -0.05) is 41.5 Å². The monoisotopic (exact) mass is 350 g/mol. The highest BCUT2D eigenvalue weighted by atomic mass is 16.5. The molecule has 0 aliphatic carbocycles. The molecule has 0 saturated carbocycles. The topological polar surface area (TPSA) is 45.3 Å². The highest BCUT2D eigenvalue weighted by molar-refractivity contribution is 5.79. The average Bonchev–Trinajstić information content (AvgIpc) is 2.62. The van der Waals surface area contributed by atoms with Crippen molar-refractivity contribution in [1.29, 1.82) is 0 Å². The Morgan fingerprint density at radius 1 is 0.962 bits per heavy atom. The number of methoxy groups -OCH3 is 1. The minimum atomic E-state index is 0.0690. The number of aromatic nitrogens is 1. The van der Waals surface area contributed by atoms with Gasteiger partial charge in [0.1, 0.15) is 0 Å². The van der Waals surface area contributed by atoms with Crippen LogP contribution in [0.5, 0.6) is 0 Å². The number of hydrogen-bond acceptors (Lipinski definition) is 3. The van der Waals surface area contributed by atoms with E-state index in [4.69, 9.17) is 4.74 Å². The van der Waals surface area contributed by atoms with E-state index in [2.05, 4.69) is 41.1 Å². The normalized spacial score (nSPS) is 11.4. The molecule has 4 heteroatoms. The maximum Gasteiger partial charge on any atom is 0.189 e. The lowest BCUT2D eigenvalue weighted by atomic mass is 10.1. The van der Waals surface area contributed by atoms with Crippen molar-refractivity contribution in [2.24, 2.45) is 0 Å². The van der Waals surface area contributed by atoms with Gasteiger partial charge in [-0.05, 0) is 31.5 Å². The molecule has 0 aliphatic rings. The molecule has 0 aliphatic heterocycles. The maximum atomic E-state index is 12.5. The van der Waals surface area contributed by atoms with E-state index in [1.165, 1.54) is 11.1 Å². The lowest BCUT2D eigenvalue weighted by Gasteiger charge is -2.22. The van der Waals surface area contributed by atoms with Gasteiger partial charge in [0.2, 0.25) is 0 Å². The molecule has 4 nitrogen and oxygen atoms in total. The number of fused-ring (bicyclic) bond motifs is 1. The van der Waals surface area contributed by atoms with Crippen LogP contribution in [0.1, 0.15) is 22.4 Å². The van der Waals surface area contributed by atoms with Gasteiger partial charge in [0.15, 0.2) is 5.43 Å². The van der Waals surface area contributed by atoms with Crippen LogP contribution in [-0.4, -0.2) is 30.1 Å². The van der Waals surface area contributed by atoms with E-state index >= 15 is 0 Å². The SMILES string of the molecule is COCCN(Cc1ccc(C)cc1)Cc1cc(=O)c2cc(C)ccc2[nH]1. The molecule has 0 bridgehead atoms. The molecule has 0 saturated heterocycles. The first-order valence-corrected chi connectivity index (χ1v) is 8.94. The maximum absolute atomic E-state index is 12.5. The van der Waals surface area contributed by atoms with Crippen LogP contribution in [0.2, 0.25) is 0 Å². The summed E-state index contributed by atoms with van der Waals surface area (Å²) in [6, 6.07) is 16.2. The zero-order valence-electron chi connectivity index (χ0n) is 15.7. The number of nitrogens with one attached hydrogen (secondary N) is 1. The number of nitrogens with zero attached hydrogens (tertiary/aromatic N) is 1. The number of rotatable bonds is 7. The van der Waals surface area contributed by atoms with E-state index in [-0.39, 0.29) is 5.43 Å². The Morgan fingerprint density at radius 3 is 2.42 bits per heavy atom. The molecule has 3 aromatic rings. The third kappa shape index (κ3) is 4.59. The van der Waals surface area contributed by atoms with Gasteiger partial charge in [0.05, 0.1) is 6.61 Å². The smallest absolute Gasteiger partial charge is 0.189 e. The number of hydrogen-bond donors (Lipinski definition) is 1. The minimum Gasteiger partial charge on any atom is -0.383 e. The summed E-state index contributed by atoms with van der Waals surface area (Å²) in [5.74, 6) is 0. The van der Waals surface area contributed by atoms with Gasteiger partial charge in [0, 0.05) is 49.4 Å². The lowest BCUT2D eigenvalue weighted by Crippen LogP contribution is -2.27. The van der Waals surface area contributed by atoms with Crippen LogP contribution >= 0.6 is 0 Å². The third-order valence-corrected chi connectivity index (χ3v) is 4.57. The molecule has 26 heavy (non-hydrogen) atoms. The molecule has 2 aromatic carbocycles. The van der Waals surface area contributed by atoms with Gasteiger partial charge >= 0.3 is 0 Å². The first-order valence-electron chi connectivity index (χ1n) is 8.94. The number of aryl methyl sites for hydroxylation is 2. The number of ether oxygens (including phenoxy) is 1. The zero-order chi connectivity index (χ0) is 18.5. The fraction of sp³-hybridized carbons (Fsp3) is 0.318. The van der Waals surface area contributed by atoms with Crippen molar-refractivity contribution in [2.75, 3.05) is 20.3 Å². The fourth-order valence-corrected chi connectivity index (χ4v) is 3.13. The number of aromatic amines is 1. The van der Waals surface area contributed by atoms with Gasteiger partial charge in [-0.25, -0.2) is 0 Å². The molecule has 1 N–H and O–H groups in total. The fourth-order valence-electron chi connectivity index (χ4n) is 3.13. The molecule has 0 fully saturated rings. The second kappa shape index (κ2) is 8.30. The van der Waals surface area contributed by atoms with Crippen molar-refractivity contribution in [3.63, 3.8) is 0 Å². The van der Waals surface area contributed by atoms with Crippen LogP contribution in [0.4, 0.5) is 0 Å². The summed E-state index contributed by atoms with van der Waals surface area (Å²) < 4.78 is 5.26. The van der Waals surface area contributed by atoms with Crippen molar-refractivity contribution in [1.82, 2.24) is 9.88 Å². The number of benzene rings is 2. The van der Waals surface area contributed by atoms with Gasteiger partial charge in [-0.2, -0.15) is 0 Å². The minimum absolute atomic E-state index is 0.0690. The van der Waals surface area contributed by atoms with E-state index < -0.39 is 0 Å². The quantitative estimate of drug-likeness (QED) is 0.705. The Balaban J connectivity index is 1.83. The van der Waals surface area contributed by atoms with Crippen molar-refractivity contribution in [3.8, 4) is 0 Å². The molecule has 0 amide bonds. The van der Waals surface area contributed by atoms with Crippen LogP contribution in [-0.2, 0) is 17.8 Å². The van der Waals surface area contributed by atoms with Crippen molar-refractivity contribution >= 4 is 10.9 Å². The summed E-state index contributed by atoms with van der Waals surface area (Å²) in [6.07, 6.45) is 0. The largest absolute Gasteiger partial charge is 0.383 e. The van der Waals surface area contributed by atoms with E-state index in [1.54, 1.807) is 13.2 Å². The predicted molar refractivity (Wildman–Crippen MR) is 106 cm³/mol. The molecular weight excluding hydrogens is 324 g/mol. The van der Waals surface area contributed by atoms with Crippen LogP contribution in [0.3, 0.4) is 0 Å². The summed E-state index contributed by atoms with van der Waals surface area (Å²) in [4.78, 5) is 18.2. The Bertz CT molecular complexity index is 929. The Kier molecular flexibility index (Phi) is 5.86. The van der Waals surface area contributed by atoms with Crippen LogP contribution in [0.15, 0.2) is 53.3 Å². The zero-order valence-corrected chi connectivity index (χ0v) is 15.7. The highest BCUT2D eigenvalue weighted by Gasteiger charge is 2.10. The van der Waals surface area contributed by atoms with Crippen molar-refractivity contribution in [2.45, 2.75) is 26.9 Å². The van der Waals surface area contributed by atoms with E-state index in [0.29, 0.717) is 13.2 Å². The second-order valence-electron chi connectivity index (χ2n) is 6.90.